The zero-order chi connectivity index (χ0) is 27.6. The van der Waals surface area contributed by atoms with Crippen LogP contribution in [-0.4, -0.2) is 32.6 Å². The Bertz CT molecular complexity index is 1540. The Morgan fingerprint density at radius 3 is 2.55 bits per heavy atom. The maximum Gasteiger partial charge on any atom is 0.273 e. The van der Waals surface area contributed by atoms with Gasteiger partial charge in [-0.1, -0.05) is 25.1 Å². The molecule has 0 bridgehead atoms. The molecule has 0 aliphatic carbocycles. The van der Waals surface area contributed by atoms with Crippen molar-refractivity contribution < 1.29 is 18.8 Å². The maximum atomic E-state index is 14.4. The summed E-state index contributed by atoms with van der Waals surface area (Å²) in [4.78, 5) is 45.2. The van der Waals surface area contributed by atoms with Gasteiger partial charge in [-0.2, -0.15) is 4.37 Å². The summed E-state index contributed by atoms with van der Waals surface area (Å²) in [5, 5.41) is 3.75. The normalized spacial score (nSPS) is 12.2. The Morgan fingerprint density at radius 1 is 1.13 bits per heavy atom. The Kier molecular flexibility index (Phi) is 7.40. The molecular weight excluding hydrogens is 507 g/mol. The van der Waals surface area contributed by atoms with E-state index in [1.807, 2.05) is 26.8 Å². The molecule has 4 aromatic rings. The molecule has 0 saturated heterocycles. The first-order valence-corrected chi connectivity index (χ1v) is 12.6. The van der Waals surface area contributed by atoms with Gasteiger partial charge < -0.3 is 16.8 Å². The van der Waals surface area contributed by atoms with Gasteiger partial charge in [0.15, 0.2) is 5.69 Å². The predicted molar refractivity (Wildman–Crippen MR) is 145 cm³/mol. The van der Waals surface area contributed by atoms with Crippen molar-refractivity contribution in [2.24, 2.45) is 5.73 Å². The second-order valence-corrected chi connectivity index (χ2v) is 10.2. The highest BCUT2D eigenvalue weighted by molar-refractivity contribution is 7.09. The number of hydrogen-bond donors (Lipinski definition) is 3. The van der Waals surface area contributed by atoms with E-state index in [1.165, 1.54) is 18.2 Å². The minimum atomic E-state index is -1.24. The lowest BCUT2D eigenvalue weighted by Gasteiger charge is -2.34. The van der Waals surface area contributed by atoms with Gasteiger partial charge in [-0.3, -0.25) is 24.3 Å². The number of rotatable bonds is 8. The number of aromatic nitrogens is 2. The monoisotopic (exact) mass is 534 g/mol. The van der Waals surface area contributed by atoms with Crippen LogP contribution in [0.2, 0.25) is 0 Å². The van der Waals surface area contributed by atoms with E-state index in [0.717, 1.165) is 16.4 Å². The highest BCUT2D eigenvalue weighted by atomic mass is 32.1. The molecule has 0 spiro atoms. The fraction of sp³-hybridized carbons (Fsp3) is 0.222. The fourth-order valence-corrected chi connectivity index (χ4v) is 4.66. The number of pyridine rings is 1. The first kappa shape index (κ1) is 26.7. The van der Waals surface area contributed by atoms with Gasteiger partial charge in [0.2, 0.25) is 5.91 Å². The molecule has 0 saturated carbocycles. The Labute approximate surface area is 222 Å². The fourth-order valence-electron chi connectivity index (χ4n) is 3.92. The lowest BCUT2D eigenvalue weighted by molar-refractivity contribution is -0.124. The van der Waals surface area contributed by atoms with E-state index in [9.17, 15) is 18.8 Å². The number of anilines is 2. The summed E-state index contributed by atoms with van der Waals surface area (Å²) in [7, 11) is 0. The topological polar surface area (TPSA) is 144 Å². The largest absolute Gasteiger partial charge is 0.395 e. The molecule has 1 atom stereocenters. The Hall–Kier alpha value is -4.38. The van der Waals surface area contributed by atoms with Crippen molar-refractivity contribution in [3.8, 4) is 0 Å². The lowest BCUT2D eigenvalue weighted by atomic mass is 9.97. The number of primary amides is 1. The smallest absolute Gasteiger partial charge is 0.273 e. The first-order chi connectivity index (χ1) is 18.0. The quantitative estimate of drug-likeness (QED) is 0.309. The van der Waals surface area contributed by atoms with E-state index in [2.05, 4.69) is 14.7 Å². The summed E-state index contributed by atoms with van der Waals surface area (Å²) in [5.74, 6) is -2.72. The molecule has 0 radical (unpaired) electrons. The van der Waals surface area contributed by atoms with Crippen LogP contribution >= 0.6 is 11.5 Å². The highest BCUT2D eigenvalue weighted by Gasteiger charge is 2.37. The summed E-state index contributed by atoms with van der Waals surface area (Å²) in [6.45, 7) is 5.65. The number of carbonyl (C=O) groups excluding carboxylic acids is 3. The van der Waals surface area contributed by atoms with Crippen LogP contribution < -0.4 is 21.7 Å². The third-order valence-corrected chi connectivity index (χ3v) is 7.11. The van der Waals surface area contributed by atoms with Crippen molar-refractivity contribution in [1.82, 2.24) is 14.7 Å². The standard InChI is InChI=1S/C27H27FN6O3S/c1-4-27(2,3)32-25(36)22(16-10-11-19-15(13-16)7-6-12-31-19)34(18-9-5-8-17(28)14-18)26(37)23-20(29)21(24(30)35)33-38-23/h5-14,22H,4,29H2,1-3H3,(H2,30,35)(H,32,36). The van der Waals surface area contributed by atoms with Gasteiger partial charge in [0.25, 0.3) is 11.8 Å². The van der Waals surface area contributed by atoms with Crippen LogP contribution in [0.3, 0.4) is 0 Å². The third-order valence-electron chi connectivity index (χ3n) is 6.26. The second kappa shape index (κ2) is 10.5. The number of nitrogens with two attached hydrogens (primary N) is 2. The van der Waals surface area contributed by atoms with Crippen molar-refractivity contribution in [3.63, 3.8) is 0 Å². The number of amides is 3. The van der Waals surface area contributed by atoms with Crippen LogP contribution in [0.25, 0.3) is 10.9 Å². The lowest BCUT2D eigenvalue weighted by Crippen LogP contribution is -2.50. The molecule has 38 heavy (non-hydrogen) atoms. The molecule has 2 heterocycles. The van der Waals surface area contributed by atoms with Gasteiger partial charge in [0.1, 0.15) is 16.7 Å². The molecule has 5 N–H and O–H groups in total. The van der Waals surface area contributed by atoms with Crippen molar-refractivity contribution >= 4 is 51.5 Å². The Balaban J connectivity index is 1.95. The summed E-state index contributed by atoms with van der Waals surface area (Å²) in [6.07, 6.45) is 2.27. The molecule has 0 aliphatic heterocycles. The number of carbonyl (C=O) groups is 3. The summed E-state index contributed by atoms with van der Waals surface area (Å²) in [5.41, 5.74) is 11.7. The van der Waals surface area contributed by atoms with Gasteiger partial charge in [0.05, 0.1) is 11.2 Å². The molecule has 4 rings (SSSR count). The van der Waals surface area contributed by atoms with Gasteiger partial charge in [0, 0.05) is 22.8 Å². The van der Waals surface area contributed by atoms with Crippen LogP contribution in [0.5, 0.6) is 0 Å². The van der Waals surface area contributed by atoms with E-state index >= 15 is 0 Å². The average Bonchev–Trinajstić information content (AvgIpc) is 3.27. The molecule has 3 amide bonds. The van der Waals surface area contributed by atoms with Crippen molar-refractivity contribution in [3.05, 3.63) is 82.7 Å². The zero-order valence-corrected chi connectivity index (χ0v) is 21.9. The predicted octanol–water partition coefficient (Wildman–Crippen LogP) is 4.20. The summed E-state index contributed by atoms with van der Waals surface area (Å²) >= 11 is 0.682. The number of halogens is 1. The molecule has 1 unspecified atom stereocenters. The number of nitrogens with one attached hydrogen (secondary N) is 1. The maximum absolute atomic E-state index is 14.4. The van der Waals surface area contributed by atoms with Crippen molar-refractivity contribution in [1.29, 1.82) is 0 Å². The summed E-state index contributed by atoms with van der Waals surface area (Å²) in [6, 6.07) is 12.9. The van der Waals surface area contributed by atoms with Crippen LogP contribution in [0.4, 0.5) is 15.8 Å². The zero-order valence-electron chi connectivity index (χ0n) is 21.1. The van der Waals surface area contributed by atoms with Crippen LogP contribution in [0, 0.1) is 5.82 Å². The highest BCUT2D eigenvalue weighted by Crippen LogP contribution is 2.34. The van der Waals surface area contributed by atoms with Crippen LogP contribution in [-0.2, 0) is 4.79 Å². The average molecular weight is 535 g/mol. The molecule has 11 heteroatoms. The number of nitrogens with zero attached hydrogens (tertiary/aromatic N) is 3. The molecule has 9 nitrogen and oxygen atoms in total. The van der Waals surface area contributed by atoms with Gasteiger partial charge in [-0.25, -0.2) is 4.39 Å². The number of nitrogen functional groups attached to an aromatic ring is 1. The van der Waals surface area contributed by atoms with Gasteiger partial charge in [-0.15, -0.1) is 0 Å². The minimum Gasteiger partial charge on any atom is -0.395 e. The van der Waals surface area contributed by atoms with Crippen molar-refractivity contribution in [2.45, 2.75) is 38.8 Å². The van der Waals surface area contributed by atoms with Crippen LogP contribution in [0.1, 0.15) is 59.0 Å². The van der Waals surface area contributed by atoms with Crippen molar-refractivity contribution in [2.75, 3.05) is 10.6 Å². The third kappa shape index (κ3) is 5.32. The van der Waals surface area contributed by atoms with E-state index in [0.29, 0.717) is 29.0 Å². The molecule has 0 aliphatic rings. The van der Waals surface area contributed by atoms with E-state index in [1.54, 1.807) is 30.5 Å². The first-order valence-electron chi connectivity index (χ1n) is 11.8. The SMILES string of the molecule is CCC(C)(C)NC(=O)C(c1ccc2ncccc2c1)N(C(=O)c1snc(C(N)=O)c1N)c1cccc(F)c1. The molecule has 2 aromatic heterocycles. The second-order valence-electron chi connectivity index (χ2n) is 9.38. The minimum absolute atomic E-state index is 0.0990. The number of benzene rings is 2. The van der Waals surface area contributed by atoms with E-state index in [4.69, 9.17) is 11.5 Å². The number of fused-ring (bicyclic) bond motifs is 1. The van der Waals surface area contributed by atoms with E-state index < -0.39 is 35.1 Å². The summed E-state index contributed by atoms with van der Waals surface area (Å²) < 4.78 is 18.4. The molecular formula is C27H27FN6O3S. The Morgan fingerprint density at radius 2 is 1.89 bits per heavy atom. The van der Waals surface area contributed by atoms with Crippen LogP contribution in [0.15, 0.2) is 60.8 Å². The van der Waals surface area contributed by atoms with Gasteiger partial charge >= 0.3 is 0 Å². The van der Waals surface area contributed by atoms with Gasteiger partial charge in [-0.05, 0) is 73.8 Å². The molecule has 196 valence electrons. The van der Waals surface area contributed by atoms with E-state index in [-0.39, 0.29) is 21.9 Å². The number of hydrogen-bond acceptors (Lipinski definition) is 7. The molecule has 2 aromatic carbocycles. The molecule has 0 fully saturated rings.